The standard InChI is InChI=1S/C20H23N5O2S2/c1-29(26,27)25-11-9-24(10-12-25)15-16-7-8-21-19(13-16)23-20-22-14-18(28-20)17-5-3-2-4-6-17/h2-8,13-14H,9-12,15H2,1H3,(H,21,22,23). The summed E-state index contributed by atoms with van der Waals surface area (Å²) in [6.45, 7) is 3.30. The third-order valence-electron chi connectivity index (χ3n) is 4.83. The fourth-order valence-electron chi connectivity index (χ4n) is 3.30. The Morgan fingerprint density at radius 2 is 1.83 bits per heavy atom. The summed E-state index contributed by atoms with van der Waals surface area (Å²) in [6.07, 6.45) is 4.93. The molecule has 0 bridgehead atoms. The Labute approximate surface area is 175 Å². The molecule has 0 atom stereocenters. The van der Waals surface area contributed by atoms with Gasteiger partial charge < -0.3 is 5.32 Å². The number of aromatic nitrogens is 2. The third kappa shape index (κ3) is 5.18. The van der Waals surface area contributed by atoms with E-state index in [-0.39, 0.29) is 0 Å². The normalized spacial score (nSPS) is 16.0. The number of pyridine rings is 1. The quantitative estimate of drug-likeness (QED) is 0.649. The first-order chi connectivity index (χ1) is 14.0. The van der Waals surface area contributed by atoms with Crippen LogP contribution in [-0.4, -0.2) is 60.0 Å². The Morgan fingerprint density at radius 3 is 2.55 bits per heavy atom. The molecule has 2 aromatic heterocycles. The topological polar surface area (TPSA) is 78.4 Å². The third-order valence-corrected chi connectivity index (χ3v) is 7.09. The molecule has 1 aromatic carbocycles. The van der Waals surface area contributed by atoms with E-state index in [0.717, 1.165) is 46.6 Å². The van der Waals surface area contributed by atoms with Gasteiger partial charge in [0, 0.05) is 45.1 Å². The molecule has 9 heteroatoms. The molecule has 7 nitrogen and oxygen atoms in total. The maximum Gasteiger partial charge on any atom is 0.211 e. The van der Waals surface area contributed by atoms with Gasteiger partial charge in [0.2, 0.25) is 10.0 Å². The highest BCUT2D eigenvalue weighted by Crippen LogP contribution is 2.30. The van der Waals surface area contributed by atoms with E-state index in [0.29, 0.717) is 13.1 Å². The maximum absolute atomic E-state index is 11.6. The highest BCUT2D eigenvalue weighted by molar-refractivity contribution is 7.88. The van der Waals surface area contributed by atoms with Gasteiger partial charge in [0.15, 0.2) is 5.13 Å². The van der Waals surface area contributed by atoms with E-state index >= 15 is 0 Å². The van der Waals surface area contributed by atoms with Gasteiger partial charge >= 0.3 is 0 Å². The molecule has 3 aromatic rings. The van der Waals surface area contributed by atoms with Gasteiger partial charge in [-0.3, -0.25) is 4.90 Å². The van der Waals surface area contributed by atoms with Gasteiger partial charge in [0.25, 0.3) is 0 Å². The number of benzene rings is 1. The van der Waals surface area contributed by atoms with Crippen LogP contribution in [0.1, 0.15) is 5.56 Å². The summed E-state index contributed by atoms with van der Waals surface area (Å²) in [5, 5.41) is 4.09. The molecule has 0 saturated carbocycles. The maximum atomic E-state index is 11.6. The van der Waals surface area contributed by atoms with Crippen molar-refractivity contribution in [1.82, 2.24) is 19.2 Å². The molecular formula is C20H23N5O2S2. The molecule has 0 unspecified atom stereocenters. The summed E-state index contributed by atoms with van der Waals surface area (Å²) in [6, 6.07) is 14.2. The molecule has 0 amide bonds. The largest absolute Gasteiger partial charge is 0.316 e. The van der Waals surface area contributed by atoms with E-state index in [4.69, 9.17) is 0 Å². The molecule has 4 rings (SSSR count). The van der Waals surface area contributed by atoms with Crippen molar-refractivity contribution in [2.75, 3.05) is 37.8 Å². The average Bonchev–Trinajstić information content (AvgIpc) is 3.17. The first kappa shape index (κ1) is 20.0. The van der Waals surface area contributed by atoms with E-state index in [1.165, 1.54) is 10.6 Å². The van der Waals surface area contributed by atoms with Gasteiger partial charge in [-0.1, -0.05) is 41.7 Å². The summed E-state index contributed by atoms with van der Waals surface area (Å²) < 4.78 is 24.8. The van der Waals surface area contributed by atoms with Crippen molar-refractivity contribution in [1.29, 1.82) is 0 Å². The van der Waals surface area contributed by atoms with Crippen LogP contribution in [0.25, 0.3) is 10.4 Å². The highest BCUT2D eigenvalue weighted by atomic mass is 32.2. The number of piperazine rings is 1. The number of hydrogen-bond donors (Lipinski definition) is 1. The molecule has 1 aliphatic rings. The highest BCUT2D eigenvalue weighted by Gasteiger charge is 2.23. The molecular weight excluding hydrogens is 406 g/mol. The lowest BCUT2D eigenvalue weighted by atomic mass is 10.2. The van der Waals surface area contributed by atoms with Crippen LogP contribution in [0.3, 0.4) is 0 Å². The zero-order valence-electron chi connectivity index (χ0n) is 16.2. The molecule has 1 saturated heterocycles. The Kier molecular flexibility index (Phi) is 5.91. The van der Waals surface area contributed by atoms with Crippen LogP contribution in [0.15, 0.2) is 54.9 Å². The second-order valence-corrected chi connectivity index (χ2v) is 10.0. The number of nitrogens with one attached hydrogen (secondary N) is 1. The Morgan fingerprint density at radius 1 is 1.07 bits per heavy atom. The van der Waals surface area contributed by atoms with Gasteiger partial charge in [0.05, 0.1) is 11.1 Å². The fraction of sp³-hybridized carbons (Fsp3) is 0.300. The number of rotatable bonds is 6. The lowest BCUT2D eigenvalue weighted by Gasteiger charge is -2.33. The summed E-state index contributed by atoms with van der Waals surface area (Å²) >= 11 is 1.59. The van der Waals surface area contributed by atoms with Gasteiger partial charge in [0.1, 0.15) is 5.82 Å². The number of hydrogen-bond acceptors (Lipinski definition) is 7. The second kappa shape index (κ2) is 8.58. The van der Waals surface area contributed by atoms with E-state index in [1.807, 2.05) is 36.5 Å². The van der Waals surface area contributed by atoms with Crippen molar-refractivity contribution < 1.29 is 8.42 Å². The minimum atomic E-state index is -3.10. The van der Waals surface area contributed by atoms with Crippen LogP contribution in [0.4, 0.5) is 10.9 Å². The van der Waals surface area contributed by atoms with Crippen LogP contribution >= 0.6 is 11.3 Å². The Balaban J connectivity index is 1.38. The zero-order valence-corrected chi connectivity index (χ0v) is 17.8. The van der Waals surface area contributed by atoms with Crippen molar-refractivity contribution in [2.24, 2.45) is 0 Å². The van der Waals surface area contributed by atoms with Crippen LogP contribution < -0.4 is 5.32 Å². The molecule has 3 heterocycles. The van der Waals surface area contributed by atoms with Gasteiger partial charge in [-0.15, -0.1) is 0 Å². The molecule has 0 spiro atoms. The lowest BCUT2D eigenvalue weighted by Crippen LogP contribution is -2.47. The predicted octanol–water partition coefficient (Wildman–Crippen LogP) is 3.03. The van der Waals surface area contributed by atoms with Crippen LogP contribution in [0.2, 0.25) is 0 Å². The van der Waals surface area contributed by atoms with Crippen LogP contribution in [0, 0.1) is 0 Å². The molecule has 1 N–H and O–H groups in total. The van der Waals surface area contributed by atoms with Crippen molar-refractivity contribution in [3.05, 3.63) is 60.4 Å². The monoisotopic (exact) mass is 429 g/mol. The number of sulfonamides is 1. The van der Waals surface area contributed by atoms with Gasteiger partial charge in [-0.2, -0.15) is 4.31 Å². The minimum absolute atomic E-state index is 0.538. The lowest BCUT2D eigenvalue weighted by molar-refractivity contribution is 0.182. The number of anilines is 2. The number of nitrogens with zero attached hydrogens (tertiary/aromatic N) is 4. The second-order valence-electron chi connectivity index (χ2n) is 7.01. The smallest absolute Gasteiger partial charge is 0.211 e. The summed E-state index contributed by atoms with van der Waals surface area (Å²) in [5.74, 6) is 0.756. The SMILES string of the molecule is CS(=O)(=O)N1CCN(Cc2ccnc(Nc3ncc(-c4ccccc4)s3)c2)CC1. The molecule has 1 aliphatic heterocycles. The van der Waals surface area contributed by atoms with Gasteiger partial charge in [-0.25, -0.2) is 18.4 Å². The van der Waals surface area contributed by atoms with Crippen molar-refractivity contribution in [2.45, 2.75) is 6.54 Å². The minimum Gasteiger partial charge on any atom is -0.316 e. The fourth-order valence-corrected chi connectivity index (χ4v) is 4.95. The van der Waals surface area contributed by atoms with Gasteiger partial charge in [-0.05, 0) is 23.3 Å². The molecule has 0 aliphatic carbocycles. The van der Waals surface area contributed by atoms with Crippen molar-refractivity contribution >= 4 is 32.3 Å². The van der Waals surface area contributed by atoms with Crippen molar-refractivity contribution in [3.63, 3.8) is 0 Å². The summed E-state index contributed by atoms with van der Waals surface area (Å²) in [4.78, 5) is 12.2. The summed E-state index contributed by atoms with van der Waals surface area (Å²) in [5.41, 5.74) is 2.28. The zero-order chi connectivity index (χ0) is 20.3. The van der Waals surface area contributed by atoms with E-state index in [1.54, 1.807) is 17.5 Å². The van der Waals surface area contributed by atoms with Crippen molar-refractivity contribution in [3.8, 4) is 10.4 Å². The van der Waals surface area contributed by atoms with Crippen LogP contribution in [-0.2, 0) is 16.6 Å². The number of thiazole rings is 1. The molecule has 0 radical (unpaired) electrons. The Hall–Kier alpha value is -2.33. The first-order valence-corrected chi connectivity index (χ1v) is 12.0. The molecule has 152 valence electrons. The predicted molar refractivity (Wildman–Crippen MR) is 117 cm³/mol. The average molecular weight is 430 g/mol. The summed E-state index contributed by atoms with van der Waals surface area (Å²) in [7, 11) is -3.10. The van der Waals surface area contributed by atoms with Crippen LogP contribution in [0.5, 0.6) is 0 Å². The van der Waals surface area contributed by atoms with E-state index in [2.05, 4.69) is 32.3 Å². The molecule has 1 fully saturated rings. The Bertz CT molecular complexity index is 1060. The first-order valence-electron chi connectivity index (χ1n) is 9.38. The molecule has 29 heavy (non-hydrogen) atoms. The van der Waals surface area contributed by atoms with E-state index < -0.39 is 10.0 Å². The van der Waals surface area contributed by atoms with E-state index in [9.17, 15) is 8.42 Å².